The van der Waals surface area contributed by atoms with E-state index in [4.69, 9.17) is 10.3 Å². The number of unbranched alkanes of at least 4 members (excludes halogenated alkanes) is 4. The number of phenolic OH excluding ortho intramolecular Hbond substituents is 1. The normalized spacial score (nSPS) is 24.2. The molecule has 4 aliphatic carbocycles. The second-order valence-corrected chi connectivity index (χ2v) is 12.7. The largest absolute Gasteiger partial charge is 0.508 e. The number of aromatic hydroxyl groups is 1. The van der Waals surface area contributed by atoms with Crippen molar-refractivity contribution in [3.8, 4) is 16.9 Å². The lowest BCUT2D eigenvalue weighted by molar-refractivity contribution is -0.131. The molecule has 0 atom stereocenters. The van der Waals surface area contributed by atoms with E-state index >= 15 is 0 Å². The van der Waals surface area contributed by atoms with Crippen LogP contribution in [0.5, 0.6) is 5.75 Å². The summed E-state index contributed by atoms with van der Waals surface area (Å²) in [4.78, 5) is 35.7. The molecule has 2 aromatic rings. The van der Waals surface area contributed by atoms with Crippen LogP contribution in [0.15, 0.2) is 42.5 Å². The second kappa shape index (κ2) is 13.1. The molecule has 0 aliphatic heterocycles. The fourth-order valence-electron chi connectivity index (χ4n) is 8.14. The minimum Gasteiger partial charge on any atom is -0.508 e. The van der Waals surface area contributed by atoms with Crippen LogP contribution in [0, 0.1) is 17.8 Å². The maximum absolute atomic E-state index is 13.5. The summed E-state index contributed by atoms with van der Waals surface area (Å²) in [6.45, 7) is 0.499. The van der Waals surface area contributed by atoms with Crippen molar-refractivity contribution in [2.24, 2.45) is 17.8 Å². The summed E-state index contributed by atoms with van der Waals surface area (Å²) in [7, 11) is 0. The van der Waals surface area contributed by atoms with Crippen LogP contribution in [0.2, 0.25) is 0 Å². The summed E-state index contributed by atoms with van der Waals surface area (Å²) in [5, 5.41) is 31.8. The average molecular weight is 575 g/mol. The molecule has 0 saturated heterocycles. The van der Waals surface area contributed by atoms with Crippen LogP contribution >= 0.6 is 0 Å². The zero-order valence-corrected chi connectivity index (χ0v) is 24.1. The lowest BCUT2D eigenvalue weighted by atomic mass is 9.48. The molecular formula is C34H42N2O6. The van der Waals surface area contributed by atoms with Crippen molar-refractivity contribution in [1.29, 1.82) is 0 Å². The Hall–Kier alpha value is -3.65. The van der Waals surface area contributed by atoms with Gasteiger partial charge < -0.3 is 15.5 Å². The van der Waals surface area contributed by atoms with E-state index in [1.165, 1.54) is 25.3 Å². The van der Waals surface area contributed by atoms with Crippen LogP contribution in [0.1, 0.15) is 98.5 Å². The van der Waals surface area contributed by atoms with Gasteiger partial charge in [-0.1, -0.05) is 37.5 Å². The maximum Gasteiger partial charge on any atom is 0.328 e. The lowest BCUT2D eigenvalue weighted by Crippen LogP contribution is -2.48. The molecule has 0 spiro atoms. The number of nitrogens with one attached hydrogen (secondary N) is 2. The summed E-state index contributed by atoms with van der Waals surface area (Å²) in [5.41, 5.74) is 5.39. The quantitative estimate of drug-likeness (QED) is 0.0836. The minimum absolute atomic E-state index is 0.00330. The standard InChI is InChI=1S/C34H42N2O6/c37-30-11-9-26(18-29(30)34-19-23-14-24(20-34)16-25(15-23)21-34)27-10-7-22(8-12-32(39)40)17-28(27)33(41)35-13-5-3-1-2-4-6-31(38)36-42/h7-12,17-18,23-25,37,42H,1-6,13-16,19-21H2,(H,35,41)(H,36,38)(H,39,40). The Balaban J connectivity index is 1.33. The average Bonchev–Trinajstić information content (AvgIpc) is 2.96. The fourth-order valence-corrected chi connectivity index (χ4v) is 8.14. The molecule has 224 valence electrons. The van der Waals surface area contributed by atoms with E-state index in [-0.39, 0.29) is 17.2 Å². The maximum atomic E-state index is 13.5. The van der Waals surface area contributed by atoms with Gasteiger partial charge in [-0.3, -0.25) is 14.8 Å². The third-order valence-corrected chi connectivity index (χ3v) is 9.61. The molecule has 4 fully saturated rings. The minimum atomic E-state index is -1.05. The lowest BCUT2D eigenvalue weighted by Gasteiger charge is -2.57. The molecule has 8 nitrogen and oxygen atoms in total. The van der Waals surface area contributed by atoms with Crippen LogP contribution in [-0.2, 0) is 15.0 Å². The molecule has 0 radical (unpaired) electrons. The van der Waals surface area contributed by atoms with E-state index in [0.717, 1.165) is 85.5 Å². The highest BCUT2D eigenvalue weighted by molar-refractivity contribution is 6.01. The zero-order chi connectivity index (χ0) is 29.7. The highest BCUT2D eigenvalue weighted by Crippen LogP contribution is 2.62. The molecule has 4 saturated carbocycles. The van der Waals surface area contributed by atoms with E-state index in [9.17, 15) is 19.5 Å². The van der Waals surface area contributed by atoms with Crippen molar-refractivity contribution in [3.05, 3.63) is 59.2 Å². The van der Waals surface area contributed by atoms with Gasteiger partial charge in [0.05, 0.1) is 0 Å². The summed E-state index contributed by atoms with van der Waals surface area (Å²) < 4.78 is 0. The van der Waals surface area contributed by atoms with Crippen LogP contribution in [0.4, 0.5) is 0 Å². The van der Waals surface area contributed by atoms with Gasteiger partial charge in [0.2, 0.25) is 5.91 Å². The Labute approximate surface area is 247 Å². The van der Waals surface area contributed by atoms with Crippen molar-refractivity contribution < 1.29 is 29.8 Å². The van der Waals surface area contributed by atoms with Crippen LogP contribution in [0.25, 0.3) is 17.2 Å². The molecule has 4 bridgehead atoms. The Kier molecular flexibility index (Phi) is 9.31. The van der Waals surface area contributed by atoms with Gasteiger partial charge in [-0.15, -0.1) is 0 Å². The third-order valence-electron chi connectivity index (χ3n) is 9.61. The number of carboxylic acid groups (broad SMARTS) is 1. The van der Waals surface area contributed by atoms with Gasteiger partial charge in [-0.2, -0.15) is 0 Å². The monoisotopic (exact) mass is 574 g/mol. The van der Waals surface area contributed by atoms with E-state index in [0.29, 0.717) is 36.3 Å². The highest BCUT2D eigenvalue weighted by atomic mass is 16.5. The molecule has 6 rings (SSSR count). The summed E-state index contributed by atoms with van der Waals surface area (Å²) >= 11 is 0. The molecule has 2 aromatic carbocycles. The molecule has 2 amide bonds. The number of carboxylic acids is 1. The number of aliphatic carboxylic acids is 1. The van der Waals surface area contributed by atoms with Gasteiger partial charge in [0, 0.05) is 30.2 Å². The Morgan fingerprint density at radius 3 is 2.21 bits per heavy atom. The molecule has 42 heavy (non-hydrogen) atoms. The SMILES string of the molecule is O=C(O)C=Cc1ccc(-c2ccc(O)c(C34CC5CC(CC(C5)C3)C4)c2)c(C(=O)NCCCCCCCC(=O)NO)c1. The Morgan fingerprint density at radius 2 is 1.55 bits per heavy atom. The number of hydrogen-bond acceptors (Lipinski definition) is 5. The number of phenols is 1. The van der Waals surface area contributed by atoms with Crippen LogP contribution < -0.4 is 10.8 Å². The van der Waals surface area contributed by atoms with E-state index in [1.54, 1.807) is 17.6 Å². The second-order valence-electron chi connectivity index (χ2n) is 12.7. The van der Waals surface area contributed by atoms with Crippen molar-refractivity contribution in [2.75, 3.05) is 6.54 Å². The number of rotatable bonds is 13. The summed E-state index contributed by atoms with van der Waals surface area (Å²) in [6, 6.07) is 11.2. The molecular weight excluding hydrogens is 532 g/mol. The van der Waals surface area contributed by atoms with Crippen molar-refractivity contribution in [3.63, 3.8) is 0 Å². The van der Waals surface area contributed by atoms with E-state index in [1.807, 2.05) is 18.2 Å². The number of hydroxylamine groups is 1. The first kappa shape index (κ1) is 29.8. The predicted octanol–water partition coefficient (Wildman–Crippen LogP) is 6.20. The van der Waals surface area contributed by atoms with Gasteiger partial charge >= 0.3 is 5.97 Å². The summed E-state index contributed by atoms with van der Waals surface area (Å²) in [6.07, 6.45) is 14.4. The Morgan fingerprint density at radius 1 is 0.881 bits per heavy atom. The zero-order valence-electron chi connectivity index (χ0n) is 24.1. The number of carbonyl (C=O) groups excluding carboxylic acids is 2. The fraction of sp³-hybridized carbons (Fsp3) is 0.500. The molecule has 5 N–H and O–H groups in total. The van der Waals surface area contributed by atoms with Gasteiger partial charge in [0.25, 0.3) is 5.91 Å². The Bertz CT molecular complexity index is 1310. The first-order valence-corrected chi connectivity index (χ1v) is 15.4. The molecule has 0 unspecified atom stereocenters. The number of carbonyl (C=O) groups is 3. The third kappa shape index (κ3) is 6.86. The number of benzene rings is 2. The molecule has 8 heteroatoms. The van der Waals surface area contributed by atoms with Crippen LogP contribution in [0.3, 0.4) is 0 Å². The van der Waals surface area contributed by atoms with Crippen molar-refractivity contribution in [1.82, 2.24) is 10.8 Å². The first-order chi connectivity index (χ1) is 20.3. The first-order valence-electron chi connectivity index (χ1n) is 15.4. The van der Waals surface area contributed by atoms with Gasteiger partial charge in [0.1, 0.15) is 5.75 Å². The topological polar surface area (TPSA) is 136 Å². The molecule has 4 aliphatic rings. The smallest absolute Gasteiger partial charge is 0.328 e. The van der Waals surface area contributed by atoms with Crippen LogP contribution in [-0.4, -0.2) is 39.7 Å². The molecule has 0 heterocycles. The van der Waals surface area contributed by atoms with E-state index in [2.05, 4.69) is 11.4 Å². The number of hydrogen-bond donors (Lipinski definition) is 5. The summed E-state index contributed by atoms with van der Waals surface area (Å²) in [5.74, 6) is 0.894. The molecule has 0 aromatic heterocycles. The highest BCUT2D eigenvalue weighted by Gasteiger charge is 2.52. The van der Waals surface area contributed by atoms with E-state index < -0.39 is 5.97 Å². The van der Waals surface area contributed by atoms with Gasteiger partial charge in [-0.25, -0.2) is 10.3 Å². The van der Waals surface area contributed by atoms with Crippen molar-refractivity contribution >= 4 is 23.9 Å². The van der Waals surface area contributed by atoms with Crippen molar-refractivity contribution in [2.45, 2.75) is 82.5 Å². The predicted molar refractivity (Wildman–Crippen MR) is 160 cm³/mol. The van der Waals surface area contributed by atoms with Gasteiger partial charge in [0.15, 0.2) is 0 Å². The van der Waals surface area contributed by atoms with Gasteiger partial charge in [-0.05, 0) is 116 Å². The number of amides is 2.